The van der Waals surface area contributed by atoms with Crippen molar-refractivity contribution in [2.45, 2.75) is 26.8 Å². The summed E-state index contributed by atoms with van der Waals surface area (Å²) in [7, 11) is 0. The lowest BCUT2D eigenvalue weighted by Gasteiger charge is -2.04. The fraction of sp³-hybridized carbons (Fsp3) is 0.364. The predicted octanol–water partition coefficient (Wildman–Crippen LogP) is 1.97. The number of rotatable bonds is 1. The number of imidazole rings is 1. The molecule has 0 aromatic carbocycles. The Bertz CT molecular complexity index is 469. The number of aryl methyl sites for hydroxylation is 2. The van der Waals surface area contributed by atoms with Crippen LogP contribution in [0.3, 0.4) is 0 Å². The van der Waals surface area contributed by atoms with Gasteiger partial charge < -0.3 is 10.1 Å². The van der Waals surface area contributed by atoms with Crippen LogP contribution in [0.4, 0.5) is 0 Å². The SMILES string of the molecule is Cc1cccn2c(C)nc(C(C)N)c12. The number of pyridine rings is 1. The zero-order chi connectivity index (χ0) is 10.3. The van der Waals surface area contributed by atoms with Crippen LogP contribution in [0.25, 0.3) is 5.52 Å². The minimum atomic E-state index is -0.0141. The molecule has 3 heteroatoms. The summed E-state index contributed by atoms with van der Waals surface area (Å²) >= 11 is 0. The van der Waals surface area contributed by atoms with Gasteiger partial charge in [0.25, 0.3) is 0 Å². The van der Waals surface area contributed by atoms with Crippen LogP contribution < -0.4 is 5.73 Å². The maximum Gasteiger partial charge on any atom is 0.110 e. The summed E-state index contributed by atoms with van der Waals surface area (Å²) < 4.78 is 2.09. The average Bonchev–Trinajstić information content (AvgIpc) is 2.46. The third-order valence-electron chi connectivity index (χ3n) is 2.50. The smallest absolute Gasteiger partial charge is 0.110 e. The minimum absolute atomic E-state index is 0.0141. The Balaban J connectivity index is 2.86. The molecule has 0 saturated heterocycles. The van der Waals surface area contributed by atoms with Gasteiger partial charge in [0, 0.05) is 12.2 Å². The quantitative estimate of drug-likeness (QED) is 0.745. The third kappa shape index (κ3) is 1.21. The van der Waals surface area contributed by atoms with Crippen LogP contribution >= 0.6 is 0 Å². The van der Waals surface area contributed by atoms with Gasteiger partial charge in [-0.3, -0.25) is 0 Å². The highest BCUT2D eigenvalue weighted by atomic mass is 15.0. The van der Waals surface area contributed by atoms with E-state index in [9.17, 15) is 0 Å². The van der Waals surface area contributed by atoms with Crippen molar-refractivity contribution < 1.29 is 0 Å². The van der Waals surface area contributed by atoms with Crippen LogP contribution in [0.1, 0.15) is 30.0 Å². The first-order valence-electron chi connectivity index (χ1n) is 4.81. The van der Waals surface area contributed by atoms with Crippen molar-refractivity contribution in [1.29, 1.82) is 0 Å². The van der Waals surface area contributed by atoms with Gasteiger partial charge in [-0.05, 0) is 32.4 Å². The highest BCUT2D eigenvalue weighted by Gasteiger charge is 2.12. The number of hydrogen-bond donors (Lipinski definition) is 1. The fourth-order valence-corrected chi connectivity index (χ4v) is 1.81. The molecule has 2 rings (SSSR count). The van der Waals surface area contributed by atoms with Crippen molar-refractivity contribution in [3.63, 3.8) is 0 Å². The summed E-state index contributed by atoms with van der Waals surface area (Å²) in [5.41, 5.74) is 9.25. The molecule has 0 bridgehead atoms. The summed E-state index contributed by atoms with van der Waals surface area (Å²) in [6.45, 7) is 6.05. The number of hydrogen-bond acceptors (Lipinski definition) is 2. The summed E-state index contributed by atoms with van der Waals surface area (Å²) in [6.07, 6.45) is 2.02. The summed E-state index contributed by atoms with van der Waals surface area (Å²) in [4.78, 5) is 4.49. The fourth-order valence-electron chi connectivity index (χ4n) is 1.81. The van der Waals surface area contributed by atoms with E-state index in [4.69, 9.17) is 5.73 Å². The molecule has 0 saturated carbocycles. The molecule has 1 atom stereocenters. The molecule has 74 valence electrons. The molecular formula is C11H15N3. The van der Waals surface area contributed by atoms with Gasteiger partial charge in [0.15, 0.2) is 0 Å². The highest BCUT2D eigenvalue weighted by Crippen LogP contribution is 2.20. The van der Waals surface area contributed by atoms with Gasteiger partial charge in [-0.2, -0.15) is 0 Å². The lowest BCUT2D eigenvalue weighted by Crippen LogP contribution is -2.06. The highest BCUT2D eigenvalue weighted by molar-refractivity contribution is 5.60. The molecule has 1 unspecified atom stereocenters. The Labute approximate surface area is 83.6 Å². The second-order valence-corrected chi connectivity index (χ2v) is 3.74. The molecule has 0 amide bonds. The van der Waals surface area contributed by atoms with E-state index in [0.29, 0.717) is 0 Å². The van der Waals surface area contributed by atoms with Crippen LogP contribution in [0.5, 0.6) is 0 Å². The Hall–Kier alpha value is -1.35. The normalized spacial score (nSPS) is 13.4. The molecule has 0 spiro atoms. The first-order chi connectivity index (χ1) is 6.61. The van der Waals surface area contributed by atoms with E-state index in [0.717, 1.165) is 17.0 Å². The van der Waals surface area contributed by atoms with Crippen LogP contribution in [0.15, 0.2) is 18.3 Å². The minimum Gasteiger partial charge on any atom is -0.323 e. The predicted molar refractivity (Wildman–Crippen MR) is 57.3 cm³/mol. The van der Waals surface area contributed by atoms with Gasteiger partial charge in [-0.1, -0.05) is 6.07 Å². The van der Waals surface area contributed by atoms with Crippen LogP contribution in [0, 0.1) is 13.8 Å². The maximum atomic E-state index is 5.89. The Morgan fingerprint density at radius 3 is 2.79 bits per heavy atom. The molecule has 0 fully saturated rings. The van der Waals surface area contributed by atoms with Crippen LogP contribution in [-0.2, 0) is 0 Å². The van der Waals surface area contributed by atoms with E-state index in [2.05, 4.69) is 22.4 Å². The second-order valence-electron chi connectivity index (χ2n) is 3.74. The monoisotopic (exact) mass is 189 g/mol. The van der Waals surface area contributed by atoms with E-state index in [1.165, 1.54) is 5.56 Å². The Kier molecular flexibility index (Phi) is 2.04. The van der Waals surface area contributed by atoms with Crippen molar-refractivity contribution >= 4 is 5.52 Å². The first kappa shape index (κ1) is 9.21. The van der Waals surface area contributed by atoms with Gasteiger partial charge in [0.1, 0.15) is 5.82 Å². The van der Waals surface area contributed by atoms with Gasteiger partial charge in [-0.25, -0.2) is 4.98 Å². The molecular weight excluding hydrogens is 174 g/mol. The first-order valence-corrected chi connectivity index (χ1v) is 4.81. The van der Waals surface area contributed by atoms with Crippen LogP contribution in [-0.4, -0.2) is 9.38 Å². The third-order valence-corrected chi connectivity index (χ3v) is 2.50. The molecule has 2 aromatic rings. The molecule has 2 N–H and O–H groups in total. The topological polar surface area (TPSA) is 43.3 Å². The van der Waals surface area contributed by atoms with Crippen molar-refractivity contribution in [3.8, 4) is 0 Å². The van der Waals surface area contributed by atoms with Gasteiger partial charge >= 0.3 is 0 Å². The summed E-state index contributed by atoms with van der Waals surface area (Å²) in [5, 5.41) is 0. The van der Waals surface area contributed by atoms with Gasteiger partial charge in [0.05, 0.1) is 11.2 Å². The molecule has 0 radical (unpaired) electrons. The zero-order valence-corrected chi connectivity index (χ0v) is 8.78. The molecule has 2 heterocycles. The van der Waals surface area contributed by atoms with Gasteiger partial charge in [-0.15, -0.1) is 0 Å². The van der Waals surface area contributed by atoms with E-state index < -0.39 is 0 Å². The number of nitrogens with zero attached hydrogens (tertiary/aromatic N) is 2. The molecule has 0 aliphatic heterocycles. The van der Waals surface area contributed by atoms with Crippen molar-refractivity contribution in [2.24, 2.45) is 5.73 Å². The largest absolute Gasteiger partial charge is 0.323 e. The lowest BCUT2D eigenvalue weighted by molar-refractivity contribution is 0.792. The van der Waals surface area contributed by atoms with Crippen molar-refractivity contribution in [3.05, 3.63) is 35.4 Å². The van der Waals surface area contributed by atoms with E-state index in [-0.39, 0.29) is 6.04 Å². The Morgan fingerprint density at radius 2 is 2.14 bits per heavy atom. The number of fused-ring (bicyclic) bond motifs is 1. The maximum absolute atomic E-state index is 5.89. The number of aromatic nitrogens is 2. The van der Waals surface area contributed by atoms with Crippen LogP contribution in [0.2, 0.25) is 0 Å². The number of nitrogens with two attached hydrogens (primary N) is 1. The van der Waals surface area contributed by atoms with Crippen molar-refractivity contribution in [2.75, 3.05) is 0 Å². The molecule has 2 aromatic heterocycles. The summed E-state index contributed by atoms with van der Waals surface area (Å²) in [6, 6.07) is 4.10. The van der Waals surface area contributed by atoms with Crippen molar-refractivity contribution in [1.82, 2.24) is 9.38 Å². The molecule has 14 heavy (non-hydrogen) atoms. The van der Waals surface area contributed by atoms with E-state index in [1.807, 2.05) is 26.1 Å². The molecule has 0 aliphatic carbocycles. The van der Waals surface area contributed by atoms with E-state index >= 15 is 0 Å². The second kappa shape index (κ2) is 3.10. The molecule has 0 aliphatic rings. The Morgan fingerprint density at radius 1 is 1.43 bits per heavy atom. The van der Waals surface area contributed by atoms with Gasteiger partial charge in [0.2, 0.25) is 0 Å². The average molecular weight is 189 g/mol. The standard InChI is InChI=1S/C11H15N3/c1-7-5-4-6-14-9(3)13-10(8(2)12)11(7)14/h4-6,8H,12H2,1-3H3. The lowest BCUT2D eigenvalue weighted by atomic mass is 10.1. The summed E-state index contributed by atoms with van der Waals surface area (Å²) in [5.74, 6) is 0.996. The zero-order valence-electron chi connectivity index (χ0n) is 8.78. The molecule has 3 nitrogen and oxygen atoms in total. The van der Waals surface area contributed by atoms with E-state index in [1.54, 1.807) is 0 Å².